The highest BCUT2D eigenvalue weighted by atomic mass is 35.5. The average molecular weight is 781 g/mol. The van der Waals surface area contributed by atoms with Crippen LogP contribution in [0.25, 0.3) is 0 Å². The third-order valence-corrected chi connectivity index (χ3v) is 11.6. The van der Waals surface area contributed by atoms with E-state index in [2.05, 4.69) is 43.4 Å². The first-order chi connectivity index (χ1) is 24.8. The number of aromatic nitrogens is 4. The Hall–Kier alpha value is -3.59. The van der Waals surface area contributed by atoms with Crippen LogP contribution in [0.15, 0.2) is 108 Å². The van der Waals surface area contributed by atoms with Gasteiger partial charge in [0.1, 0.15) is 11.5 Å². The molecule has 0 N–H and O–H groups in total. The summed E-state index contributed by atoms with van der Waals surface area (Å²) in [5, 5.41) is 2.14. The Labute approximate surface area is 323 Å². The van der Waals surface area contributed by atoms with Crippen LogP contribution in [0, 0.1) is 0 Å². The Balaban J connectivity index is 1.42. The van der Waals surface area contributed by atoms with E-state index in [-0.39, 0.29) is 0 Å². The Morgan fingerprint density at radius 2 is 1.02 bits per heavy atom. The van der Waals surface area contributed by atoms with E-state index in [0.717, 1.165) is 72.5 Å². The number of methoxy groups -OCH3 is 2. The lowest BCUT2D eigenvalue weighted by Gasteiger charge is -2.22. The van der Waals surface area contributed by atoms with Gasteiger partial charge in [0, 0.05) is 71.6 Å². The molecule has 6 nitrogen and oxygen atoms in total. The van der Waals surface area contributed by atoms with Crippen molar-refractivity contribution >= 4 is 58.2 Å². The predicted octanol–water partition coefficient (Wildman–Crippen LogP) is 11.3. The second kappa shape index (κ2) is 17.8. The summed E-state index contributed by atoms with van der Waals surface area (Å²) >= 11 is 27.3. The molecule has 6 aromatic rings. The zero-order valence-electron chi connectivity index (χ0n) is 28.4. The molecule has 2 heterocycles. The van der Waals surface area contributed by atoms with Crippen molar-refractivity contribution in [3.05, 3.63) is 152 Å². The molecule has 6 rings (SSSR count). The summed E-state index contributed by atoms with van der Waals surface area (Å²) in [6.07, 6.45) is 16.2. The molecular weight excluding hydrogens is 742 g/mol. The number of nitrogens with zero attached hydrogens (tertiary/aromatic N) is 4. The monoisotopic (exact) mass is 778 g/mol. The number of hydrogen-bond donors (Lipinski definition) is 0. The molecule has 0 unspecified atom stereocenters. The highest BCUT2D eigenvalue weighted by Crippen LogP contribution is 2.42. The summed E-state index contributed by atoms with van der Waals surface area (Å²) in [6.45, 7) is 1.70. The summed E-state index contributed by atoms with van der Waals surface area (Å²) in [4.78, 5) is 10.8. The molecule has 4 aromatic carbocycles. The van der Waals surface area contributed by atoms with Crippen LogP contribution in [0.4, 0.5) is 0 Å². The summed E-state index contributed by atoms with van der Waals surface area (Å²) in [6, 6.07) is 20.2. The summed E-state index contributed by atoms with van der Waals surface area (Å²) < 4.78 is 16.2. The number of aryl methyl sites for hydroxylation is 2. The van der Waals surface area contributed by atoms with Gasteiger partial charge in [-0.25, -0.2) is 9.97 Å². The molecular formula is C40H38Cl4N4O2S. The molecule has 0 spiro atoms. The van der Waals surface area contributed by atoms with Crippen LogP contribution in [0.2, 0.25) is 20.1 Å². The number of hydrogen-bond acceptors (Lipinski definition) is 5. The Morgan fingerprint density at radius 3 is 1.39 bits per heavy atom. The lowest BCUT2D eigenvalue weighted by Crippen LogP contribution is -2.06. The molecule has 2 aromatic heterocycles. The van der Waals surface area contributed by atoms with Crippen molar-refractivity contribution in [1.29, 1.82) is 0 Å². The summed E-state index contributed by atoms with van der Waals surface area (Å²) in [7, 11) is 3.46. The maximum Gasteiger partial charge on any atom is 0.122 e. The van der Waals surface area contributed by atoms with Gasteiger partial charge in [0.25, 0.3) is 0 Å². The molecule has 0 bridgehead atoms. The standard InChI is InChI=1S/C40H38Cl4N4O2S/c1-49-37-11-13-39(29(5-3-17-47-19-15-45-25-47)31(37)21-27-7-9-33(41)35(43)23-27)51-40-14-12-38(50-2)32(22-28-8-10-34(42)36(44)24-28)30(40)6-4-18-48-20-16-46-26-48/h7-16,19-20,23-26H,3-6,17-18,21-22H2,1-2H3. The quantitative estimate of drug-likeness (QED) is 0.0979. The van der Waals surface area contributed by atoms with Crippen LogP contribution >= 0.6 is 58.2 Å². The minimum atomic E-state index is 0.536. The van der Waals surface area contributed by atoms with E-state index in [1.54, 1.807) is 26.0 Å². The maximum absolute atomic E-state index is 6.47. The first-order valence-corrected chi connectivity index (χ1v) is 19.0. The Morgan fingerprint density at radius 1 is 0.569 bits per heavy atom. The van der Waals surface area contributed by atoms with Gasteiger partial charge in [0.15, 0.2) is 0 Å². The van der Waals surface area contributed by atoms with Gasteiger partial charge in [-0.3, -0.25) is 0 Å². The first kappa shape index (κ1) is 37.2. The molecule has 0 aliphatic rings. The van der Waals surface area contributed by atoms with E-state index >= 15 is 0 Å². The number of benzene rings is 4. The number of ether oxygens (including phenoxy) is 2. The molecule has 0 aliphatic carbocycles. The lowest BCUT2D eigenvalue weighted by molar-refractivity contribution is 0.409. The van der Waals surface area contributed by atoms with E-state index < -0.39 is 0 Å². The van der Waals surface area contributed by atoms with Crippen LogP contribution in [-0.4, -0.2) is 33.3 Å². The molecule has 0 aliphatic heterocycles. The molecule has 0 amide bonds. The van der Waals surface area contributed by atoms with E-state index in [1.807, 2.05) is 73.8 Å². The highest BCUT2D eigenvalue weighted by Gasteiger charge is 2.21. The van der Waals surface area contributed by atoms with E-state index in [0.29, 0.717) is 32.9 Å². The van der Waals surface area contributed by atoms with Crippen molar-refractivity contribution in [2.45, 2.75) is 61.4 Å². The maximum atomic E-state index is 6.47. The molecule has 0 saturated carbocycles. The molecule has 0 atom stereocenters. The van der Waals surface area contributed by atoms with Crippen molar-refractivity contribution in [2.75, 3.05) is 14.2 Å². The topological polar surface area (TPSA) is 54.1 Å². The predicted molar refractivity (Wildman–Crippen MR) is 210 cm³/mol. The molecule has 0 fully saturated rings. The number of rotatable bonds is 16. The van der Waals surface area contributed by atoms with Crippen molar-refractivity contribution in [3.8, 4) is 11.5 Å². The normalized spacial score (nSPS) is 11.3. The zero-order chi connectivity index (χ0) is 35.7. The Kier molecular flexibility index (Phi) is 12.9. The fourth-order valence-electron chi connectivity index (χ4n) is 6.35. The fourth-order valence-corrected chi connectivity index (χ4v) is 8.20. The lowest BCUT2D eigenvalue weighted by atomic mass is 9.95. The van der Waals surface area contributed by atoms with Gasteiger partial charge in [-0.2, -0.15) is 0 Å². The van der Waals surface area contributed by atoms with Crippen molar-refractivity contribution < 1.29 is 9.47 Å². The van der Waals surface area contributed by atoms with E-state index in [4.69, 9.17) is 55.9 Å². The average Bonchev–Trinajstić information content (AvgIpc) is 3.85. The third-order valence-electron chi connectivity index (χ3n) is 8.88. The van der Waals surface area contributed by atoms with Crippen LogP contribution in [-0.2, 0) is 38.8 Å². The van der Waals surface area contributed by atoms with Gasteiger partial charge in [0.05, 0.1) is 47.0 Å². The minimum absolute atomic E-state index is 0.536. The number of halogens is 4. The molecule has 51 heavy (non-hydrogen) atoms. The van der Waals surface area contributed by atoms with Crippen LogP contribution in [0.1, 0.15) is 46.2 Å². The first-order valence-electron chi connectivity index (χ1n) is 16.7. The third kappa shape index (κ3) is 9.45. The second-order valence-corrected chi connectivity index (χ2v) is 14.9. The SMILES string of the molecule is COc1ccc(Sc2ccc(OC)c(Cc3ccc(Cl)c(Cl)c3)c2CCCn2ccnc2)c(CCCn2ccnc2)c1Cc1ccc(Cl)c(Cl)c1. The van der Waals surface area contributed by atoms with Gasteiger partial charge >= 0.3 is 0 Å². The van der Waals surface area contributed by atoms with Gasteiger partial charge in [-0.05, 0) is 96.5 Å². The largest absolute Gasteiger partial charge is 0.496 e. The van der Waals surface area contributed by atoms with Gasteiger partial charge < -0.3 is 18.6 Å². The van der Waals surface area contributed by atoms with E-state index in [1.165, 1.54) is 20.9 Å². The molecule has 11 heteroatoms. The van der Waals surface area contributed by atoms with Crippen LogP contribution < -0.4 is 9.47 Å². The molecule has 264 valence electrons. The summed E-state index contributed by atoms with van der Waals surface area (Å²) in [5.74, 6) is 1.69. The second-order valence-electron chi connectivity index (χ2n) is 12.2. The van der Waals surface area contributed by atoms with Crippen LogP contribution in [0.3, 0.4) is 0 Å². The molecule has 0 radical (unpaired) electrons. The smallest absolute Gasteiger partial charge is 0.122 e. The van der Waals surface area contributed by atoms with E-state index in [9.17, 15) is 0 Å². The van der Waals surface area contributed by atoms with Gasteiger partial charge in [-0.1, -0.05) is 70.3 Å². The van der Waals surface area contributed by atoms with Crippen molar-refractivity contribution in [2.24, 2.45) is 0 Å². The number of imidazole rings is 2. The minimum Gasteiger partial charge on any atom is -0.496 e. The van der Waals surface area contributed by atoms with Gasteiger partial charge in [0.2, 0.25) is 0 Å². The zero-order valence-corrected chi connectivity index (χ0v) is 32.3. The summed E-state index contributed by atoms with van der Waals surface area (Å²) in [5.41, 5.74) is 6.90. The Bertz CT molecular complexity index is 1920. The highest BCUT2D eigenvalue weighted by molar-refractivity contribution is 7.99. The van der Waals surface area contributed by atoms with Crippen molar-refractivity contribution in [3.63, 3.8) is 0 Å². The molecule has 0 saturated heterocycles. The van der Waals surface area contributed by atoms with Crippen molar-refractivity contribution in [1.82, 2.24) is 19.1 Å². The van der Waals surface area contributed by atoms with Gasteiger partial charge in [-0.15, -0.1) is 0 Å². The van der Waals surface area contributed by atoms with Crippen LogP contribution in [0.5, 0.6) is 11.5 Å². The fraction of sp³-hybridized carbons (Fsp3) is 0.250.